The minimum atomic E-state index is -0.323. The van der Waals surface area contributed by atoms with Gasteiger partial charge in [0, 0.05) is 5.70 Å². The summed E-state index contributed by atoms with van der Waals surface area (Å²) in [5, 5.41) is 3.05. The van der Waals surface area contributed by atoms with Crippen molar-refractivity contribution in [3.8, 4) is 11.5 Å². The van der Waals surface area contributed by atoms with E-state index in [0.29, 0.717) is 0 Å². The summed E-state index contributed by atoms with van der Waals surface area (Å²) >= 11 is 0. The van der Waals surface area contributed by atoms with Crippen molar-refractivity contribution in [1.82, 2.24) is 5.32 Å². The molecule has 0 unspecified atom stereocenters. The van der Waals surface area contributed by atoms with Crippen LogP contribution in [0.5, 0.6) is 11.5 Å². The van der Waals surface area contributed by atoms with Gasteiger partial charge in [0.25, 0.3) is 0 Å². The van der Waals surface area contributed by atoms with E-state index in [1.807, 2.05) is 32.0 Å². The van der Waals surface area contributed by atoms with Crippen molar-refractivity contribution in [2.24, 2.45) is 5.73 Å². The minimum absolute atomic E-state index is 0.222. The zero-order chi connectivity index (χ0) is 18.1. The van der Waals surface area contributed by atoms with Crippen LogP contribution in [0.3, 0.4) is 0 Å². The fourth-order valence-corrected chi connectivity index (χ4v) is 2.43. The molecule has 0 aromatic heterocycles. The molecule has 1 aromatic carbocycles. The van der Waals surface area contributed by atoms with E-state index in [-0.39, 0.29) is 12.5 Å². The van der Waals surface area contributed by atoms with Gasteiger partial charge in [0.2, 0.25) is 5.91 Å². The Morgan fingerprint density at radius 2 is 1.88 bits per heavy atom. The molecule has 0 saturated heterocycles. The maximum atomic E-state index is 10.5. The molecule has 3 N–H and O–H groups in total. The van der Waals surface area contributed by atoms with Gasteiger partial charge in [-0.2, -0.15) is 0 Å². The Morgan fingerprint density at radius 1 is 1.21 bits per heavy atom. The van der Waals surface area contributed by atoms with Crippen LogP contribution in [0, 0.1) is 6.92 Å². The first kappa shape index (κ1) is 19.6. The predicted octanol–water partition coefficient (Wildman–Crippen LogP) is 3.09. The molecule has 2 rings (SSSR count). The second-order valence-electron chi connectivity index (χ2n) is 5.74. The molecule has 132 valence electrons. The number of rotatable bonds is 5. The summed E-state index contributed by atoms with van der Waals surface area (Å²) < 4.78 is 10.2. The van der Waals surface area contributed by atoms with Gasteiger partial charge in [0.05, 0.1) is 20.8 Å². The molecule has 0 saturated carbocycles. The topological polar surface area (TPSA) is 73.6 Å². The summed E-state index contributed by atoms with van der Waals surface area (Å²) in [4.78, 5) is 10.5. The predicted molar refractivity (Wildman–Crippen MR) is 97.2 cm³/mol. The highest BCUT2D eigenvalue weighted by Gasteiger charge is 2.12. The smallest absolute Gasteiger partial charge is 0.236 e. The summed E-state index contributed by atoms with van der Waals surface area (Å²) in [6.07, 6.45) is 3.17. The Labute approximate surface area is 144 Å². The van der Waals surface area contributed by atoms with Gasteiger partial charge in [-0.05, 0) is 56.4 Å². The third kappa shape index (κ3) is 5.99. The number of nitrogens with one attached hydrogen (secondary N) is 1. The van der Waals surface area contributed by atoms with Gasteiger partial charge in [-0.25, -0.2) is 0 Å². The molecule has 0 atom stereocenters. The lowest BCUT2D eigenvalue weighted by molar-refractivity contribution is -0.117. The molecule has 1 aromatic rings. The minimum Gasteiger partial charge on any atom is -0.493 e. The Bertz CT molecular complexity index is 621. The van der Waals surface area contributed by atoms with Crippen LogP contribution in [0.4, 0.5) is 0 Å². The lowest BCUT2D eigenvalue weighted by Gasteiger charge is -2.20. The van der Waals surface area contributed by atoms with Crippen LogP contribution in [-0.4, -0.2) is 26.7 Å². The monoisotopic (exact) mass is 332 g/mol. The van der Waals surface area contributed by atoms with Gasteiger partial charge >= 0.3 is 0 Å². The van der Waals surface area contributed by atoms with Crippen molar-refractivity contribution in [1.29, 1.82) is 0 Å². The quantitative estimate of drug-likeness (QED) is 0.869. The molecule has 1 aliphatic carbocycles. The first-order valence-electron chi connectivity index (χ1n) is 7.97. The Morgan fingerprint density at radius 3 is 2.46 bits per heavy atom. The zero-order valence-corrected chi connectivity index (χ0v) is 15.1. The number of allylic oxidation sites excluding steroid dienone is 3. The van der Waals surface area contributed by atoms with Crippen LogP contribution in [0.2, 0.25) is 0 Å². The third-order valence-electron chi connectivity index (χ3n) is 3.90. The lowest BCUT2D eigenvalue weighted by Crippen LogP contribution is -2.29. The SMILES string of the molecule is C=C1CCCC(NCC(N)=O)=C1C.COc1ccc(C)cc1OC. The van der Waals surface area contributed by atoms with Crippen LogP contribution in [0.15, 0.2) is 41.6 Å². The van der Waals surface area contributed by atoms with Crippen LogP contribution in [0.25, 0.3) is 0 Å². The molecular formula is C19H28N2O3. The van der Waals surface area contributed by atoms with Crippen molar-refractivity contribution in [3.05, 3.63) is 47.2 Å². The van der Waals surface area contributed by atoms with E-state index in [2.05, 4.69) is 11.9 Å². The summed E-state index contributed by atoms with van der Waals surface area (Å²) in [5.41, 5.74) is 9.69. The average Bonchev–Trinajstić information content (AvgIpc) is 2.56. The maximum absolute atomic E-state index is 10.5. The second kappa shape index (κ2) is 9.65. The number of hydrogen-bond donors (Lipinski definition) is 2. The zero-order valence-electron chi connectivity index (χ0n) is 15.1. The number of methoxy groups -OCH3 is 2. The number of carbonyl (C=O) groups excluding carboxylic acids is 1. The fraction of sp³-hybridized carbons (Fsp3) is 0.421. The van der Waals surface area contributed by atoms with E-state index in [9.17, 15) is 4.79 Å². The van der Waals surface area contributed by atoms with Gasteiger partial charge in [0.15, 0.2) is 11.5 Å². The fourth-order valence-electron chi connectivity index (χ4n) is 2.43. The van der Waals surface area contributed by atoms with Crippen LogP contribution in [-0.2, 0) is 4.79 Å². The van der Waals surface area contributed by atoms with E-state index in [1.54, 1.807) is 14.2 Å². The van der Waals surface area contributed by atoms with Crippen molar-refractivity contribution in [2.75, 3.05) is 20.8 Å². The number of hydrogen-bond acceptors (Lipinski definition) is 4. The Balaban J connectivity index is 0.000000243. The van der Waals surface area contributed by atoms with Crippen LogP contribution >= 0.6 is 0 Å². The third-order valence-corrected chi connectivity index (χ3v) is 3.90. The average molecular weight is 332 g/mol. The highest BCUT2D eigenvalue weighted by molar-refractivity contribution is 5.76. The largest absolute Gasteiger partial charge is 0.493 e. The first-order valence-corrected chi connectivity index (χ1v) is 7.97. The maximum Gasteiger partial charge on any atom is 0.236 e. The molecule has 0 heterocycles. The summed E-state index contributed by atoms with van der Waals surface area (Å²) in [6, 6.07) is 5.83. The van der Waals surface area contributed by atoms with E-state index < -0.39 is 0 Å². The number of primary amides is 1. The van der Waals surface area contributed by atoms with E-state index in [4.69, 9.17) is 15.2 Å². The Hall–Kier alpha value is -2.43. The molecule has 0 aliphatic heterocycles. The van der Waals surface area contributed by atoms with Crippen molar-refractivity contribution < 1.29 is 14.3 Å². The molecule has 5 heteroatoms. The number of nitrogens with two attached hydrogens (primary N) is 1. The van der Waals surface area contributed by atoms with Gasteiger partial charge in [-0.3, -0.25) is 4.79 Å². The normalized spacial score (nSPS) is 13.8. The van der Waals surface area contributed by atoms with Crippen LogP contribution in [0.1, 0.15) is 31.7 Å². The number of amides is 1. The molecule has 0 bridgehead atoms. The van der Waals surface area contributed by atoms with Gasteiger partial charge in [-0.1, -0.05) is 18.2 Å². The Kier molecular flexibility index (Phi) is 7.89. The second-order valence-corrected chi connectivity index (χ2v) is 5.74. The molecule has 0 spiro atoms. The molecule has 5 nitrogen and oxygen atoms in total. The first-order chi connectivity index (χ1) is 11.4. The van der Waals surface area contributed by atoms with E-state index in [0.717, 1.165) is 36.5 Å². The molecule has 1 aliphatic rings. The number of ether oxygens (including phenoxy) is 2. The highest BCUT2D eigenvalue weighted by atomic mass is 16.5. The highest BCUT2D eigenvalue weighted by Crippen LogP contribution is 2.27. The van der Waals surface area contributed by atoms with E-state index >= 15 is 0 Å². The molecular weight excluding hydrogens is 304 g/mol. The number of carbonyl (C=O) groups is 1. The summed E-state index contributed by atoms with van der Waals surface area (Å²) in [5.74, 6) is 1.24. The van der Waals surface area contributed by atoms with Gasteiger partial charge < -0.3 is 20.5 Å². The summed E-state index contributed by atoms with van der Waals surface area (Å²) in [6.45, 7) is 8.23. The van der Waals surface area contributed by atoms with Crippen molar-refractivity contribution in [3.63, 3.8) is 0 Å². The number of aryl methyl sites for hydroxylation is 1. The molecule has 0 fully saturated rings. The summed E-state index contributed by atoms with van der Waals surface area (Å²) in [7, 11) is 3.27. The standard InChI is InChI=1S/C10H16N2O.C9H12O2/c1-7-4-3-5-9(8(7)2)12-6-10(11)13;1-7-4-5-8(10-2)9(6-7)11-3/h12H,1,3-6H2,2H3,(H2,11,13);4-6H,1-3H3. The molecule has 0 radical (unpaired) electrons. The van der Waals surface area contributed by atoms with Gasteiger partial charge in [-0.15, -0.1) is 0 Å². The van der Waals surface area contributed by atoms with Gasteiger partial charge in [0.1, 0.15) is 0 Å². The number of benzene rings is 1. The van der Waals surface area contributed by atoms with Crippen molar-refractivity contribution >= 4 is 5.91 Å². The molecule has 1 amide bonds. The van der Waals surface area contributed by atoms with Crippen molar-refractivity contribution in [2.45, 2.75) is 33.1 Å². The molecule has 24 heavy (non-hydrogen) atoms. The van der Waals surface area contributed by atoms with Crippen LogP contribution < -0.4 is 20.5 Å². The lowest BCUT2D eigenvalue weighted by atomic mass is 9.93. The van der Waals surface area contributed by atoms with E-state index in [1.165, 1.54) is 16.7 Å².